The van der Waals surface area contributed by atoms with E-state index >= 15 is 0 Å². The third-order valence-electron chi connectivity index (χ3n) is 7.95. The maximum atomic E-state index is 14.5. The Balaban J connectivity index is 1.59. The van der Waals surface area contributed by atoms with Gasteiger partial charge in [0.1, 0.15) is 18.2 Å². The molecule has 2 aromatic rings. The van der Waals surface area contributed by atoms with Crippen molar-refractivity contribution in [2.24, 2.45) is 17.8 Å². The molecule has 7 atom stereocenters. The standard InChI is InChI=1S/C25H30BrN5O5S/c1-4-9-29(12-30-16-8-6-5-7-15(16)27-28-30)23(34)21-25-10-14(26)20(37-25)18(24(35)36)19(25)22(33)31(21)17(11-32)13(2)3/h4-8,13-14,17-21,32H,1,9-12H2,2-3H3,(H,35,36)/t14?,17-,18-,19-,20-,21?,25?/m0/s1. The van der Waals surface area contributed by atoms with E-state index in [1.165, 1.54) is 16.7 Å². The van der Waals surface area contributed by atoms with Gasteiger partial charge in [0.25, 0.3) is 0 Å². The monoisotopic (exact) mass is 591 g/mol. The molecule has 0 saturated carbocycles. The van der Waals surface area contributed by atoms with Crippen molar-refractivity contribution < 1.29 is 24.6 Å². The topological polar surface area (TPSA) is 129 Å². The van der Waals surface area contributed by atoms with E-state index in [0.29, 0.717) is 11.9 Å². The van der Waals surface area contributed by atoms with Gasteiger partial charge in [0.05, 0.1) is 34.7 Å². The number of hydrogen-bond acceptors (Lipinski definition) is 7. The van der Waals surface area contributed by atoms with E-state index in [1.807, 2.05) is 38.1 Å². The number of carbonyl (C=O) groups excluding carboxylic acids is 2. The van der Waals surface area contributed by atoms with Gasteiger partial charge in [0.2, 0.25) is 11.8 Å². The second-order valence-electron chi connectivity index (χ2n) is 10.3. The highest BCUT2D eigenvalue weighted by Crippen LogP contribution is 2.68. The van der Waals surface area contributed by atoms with Crippen LogP contribution in [0, 0.1) is 17.8 Å². The van der Waals surface area contributed by atoms with Crippen LogP contribution in [0.15, 0.2) is 36.9 Å². The van der Waals surface area contributed by atoms with Gasteiger partial charge >= 0.3 is 5.97 Å². The van der Waals surface area contributed by atoms with Gasteiger partial charge in [-0.05, 0) is 24.5 Å². The predicted octanol–water partition coefficient (Wildman–Crippen LogP) is 1.97. The summed E-state index contributed by atoms with van der Waals surface area (Å²) in [4.78, 5) is 43.8. The fourth-order valence-corrected chi connectivity index (χ4v) is 9.92. The van der Waals surface area contributed by atoms with E-state index in [-0.39, 0.29) is 47.6 Å². The summed E-state index contributed by atoms with van der Waals surface area (Å²) >= 11 is 5.10. The largest absolute Gasteiger partial charge is 0.481 e. The third-order valence-corrected chi connectivity index (χ3v) is 11.2. The summed E-state index contributed by atoms with van der Waals surface area (Å²) in [5, 5.41) is 28.5. The number of aliphatic hydroxyl groups is 1. The number of benzene rings is 1. The van der Waals surface area contributed by atoms with Gasteiger partial charge in [-0.15, -0.1) is 23.4 Å². The first-order chi connectivity index (χ1) is 17.7. The Morgan fingerprint density at radius 3 is 2.76 bits per heavy atom. The van der Waals surface area contributed by atoms with Gasteiger partial charge in [-0.25, -0.2) is 4.68 Å². The Hall–Kier alpha value is -2.44. The SMILES string of the molecule is C=CCN(Cn1nnc2ccccc21)C(=O)C1N([C@@H](CO)C(C)C)C(=O)[C@@H]2[C@H](C(=O)O)[C@H]3SC12CC3Br. The summed E-state index contributed by atoms with van der Waals surface area (Å²) in [7, 11) is 0. The molecule has 2 amide bonds. The lowest BCUT2D eigenvalue weighted by Crippen LogP contribution is -2.58. The van der Waals surface area contributed by atoms with Crippen molar-refractivity contribution in [3.63, 3.8) is 0 Å². The minimum absolute atomic E-state index is 0.0876. The second-order valence-corrected chi connectivity index (χ2v) is 13.0. The van der Waals surface area contributed by atoms with Crippen molar-refractivity contribution in [3.8, 4) is 0 Å². The fraction of sp³-hybridized carbons (Fsp3) is 0.560. The number of hydrogen-bond donors (Lipinski definition) is 2. The lowest BCUT2D eigenvalue weighted by molar-refractivity contribution is -0.150. The van der Waals surface area contributed by atoms with E-state index in [9.17, 15) is 24.6 Å². The highest BCUT2D eigenvalue weighted by atomic mass is 79.9. The molecular formula is C25H30BrN5O5S. The fourth-order valence-electron chi connectivity index (χ4n) is 6.34. The number of aliphatic carboxylic acids is 1. The Morgan fingerprint density at radius 1 is 1.38 bits per heavy atom. The van der Waals surface area contributed by atoms with Crippen LogP contribution in [0.2, 0.25) is 0 Å². The van der Waals surface area contributed by atoms with Gasteiger partial charge in [-0.3, -0.25) is 14.4 Å². The lowest BCUT2D eigenvalue weighted by Gasteiger charge is -2.40. The van der Waals surface area contributed by atoms with Crippen molar-refractivity contribution in [3.05, 3.63) is 36.9 Å². The normalized spacial score (nSPS) is 31.2. The molecule has 0 aliphatic carbocycles. The van der Waals surface area contributed by atoms with Crippen LogP contribution in [0.1, 0.15) is 20.3 Å². The molecule has 3 fully saturated rings. The molecule has 3 aliphatic rings. The molecule has 37 heavy (non-hydrogen) atoms. The Labute approximate surface area is 227 Å². The molecule has 1 aromatic heterocycles. The zero-order valence-electron chi connectivity index (χ0n) is 20.6. The zero-order valence-corrected chi connectivity index (χ0v) is 23.0. The van der Waals surface area contributed by atoms with Crippen LogP contribution in [0.3, 0.4) is 0 Å². The molecular weight excluding hydrogens is 562 g/mol. The summed E-state index contributed by atoms with van der Waals surface area (Å²) in [6, 6.07) is 5.88. The van der Waals surface area contributed by atoms with Crippen LogP contribution < -0.4 is 0 Å². The van der Waals surface area contributed by atoms with Crippen LogP contribution in [-0.4, -0.2) is 92.8 Å². The van der Waals surface area contributed by atoms with Crippen LogP contribution in [0.4, 0.5) is 0 Å². The molecule has 3 unspecified atom stereocenters. The van der Waals surface area contributed by atoms with Crippen molar-refractivity contribution in [1.82, 2.24) is 24.8 Å². The van der Waals surface area contributed by atoms with Gasteiger partial charge < -0.3 is 20.0 Å². The highest BCUT2D eigenvalue weighted by molar-refractivity contribution is 9.09. The summed E-state index contributed by atoms with van der Waals surface area (Å²) in [5.74, 6) is -3.59. The van der Waals surface area contributed by atoms with E-state index in [2.05, 4.69) is 32.8 Å². The van der Waals surface area contributed by atoms with Gasteiger partial charge in [-0.1, -0.05) is 53.2 Å². The zero-order chi connectivity index (χ0) is 26.6. The maximum absolute atomic E-state index is 14.5. The highest BCUT2D eigenvalue weighted by Gasteiger charge is 2.76. The summed E-state index contributed by atoms with van der Waals surface area (Å²) < 4.78 is 0.716. The first-order valence-electron chi connectivity index (χ1n) is 12.3. The number of carbonyl (C=O) groups is 3. The molecule has 3 saturated heterocycles. The average molecular weight is 593 g/mol. The molecule has 12 heteroatoms. The number of nitrogens with zero attached hydrogens (tertiary/aromatic N) is 5. The molecule has 10 nitrogen and oxygen atoms in total. The van der Waals surface area contributed by atoms with Crippen molar-refractivity contribution in [1.29, 1.82) is 0 Å². The molecule has 1 aromatic carbocycles. The summed E-state index contributed by atoms with van der Waals surface area (Å²) in [6.45, 7) is 7.56. The van der Waals surface area contributed by atoms with Gasteiger partial charge in [0, 0.05) is 16.6 Å². The number of aliphatic hydroxyl groups excluding tert-OH is 1. The number of fused-ring (bicyclic) bond motifs is 2. The number of halogens is 1. The predicted molar refractivity (Wildman–Crippen MR) is 142 cm³/mol. The van der Waals surface area contributed by atoms with E-state index in [1.54, 1.807) is 15.7 Å². The molecule has 3 aliphatic heterocycles. The average Bonchev–Trinajstić information content (AvgIpc) is 3.57. The minimum atomic E-state index is -1.03. The summed E-state index contributed by atoms with van der Waals surface area (Å²) in [5.41, 5.74) is 1.46. The number of likely N-dealkylation sites (tertiary alicyclic amines) is 1. The number of para-hydroxylation sites is 1. The molecule has 2 N–H and O–H groups in total. The lowest BCUT2D eigenvalue weighted by atomic mass is 9.71. The molecule has 2 bridgehead atoms. The van der Waals surface area contributed by atoms with Crippen LogP contribution in [-0.2, 0) is 21.1 Å². The number of carboxylic acid groups (broad SMARTS) is 1. The van der Waals surface area contributed by atoms with E-state index in [4.69, 9.17) is 0 Å². The number of alkyl halides is 1. The number of thioether (sulfide) groups is 1. The summed E-state index contributed by atoms with van der Waals surface area (Å²) in [6.07, 6.45) is 2.10. The molecule has 5 rings (SSSR count). The van der Waals surface area contributed by atoms with Crippen LogP contribution in [0.5, 0.6) is 0 Å². The van der Waals surface area contributed by atoms with E-state index in [0.717, 1.165) is 5.52 Å². The first-order valence-corrected chi connectivity index (χ1v) is 14.1. The van der Waals surface area contributed by atoms with Gasteiger partial charge in [-0.2, -0.15) is 0 Å². The number of amides is 2. The Kier molecular flexibility index (Phi) is 6.86. The molecule has 0 radical (unpaired) electrons. The van der Waals surface area contributed by atoms with Crippen molar-refractivity contribution in [2.45, 2.75) is 53.8 Å². The second kappa shape index (κ2) is 9.70. The number of aromatic nitrogens is 3. The third kappa shape index (κ3) is 3.90. The minimum Gasteiger partial charge on any atom is -0.481 e. The van der Waals surface area contributed by atoms with E-state index < -0.39 is 34.6 Å². The van der Waals surface area contributed by atoms with Crippen LogP contribution in [0.25, 0.3) is 11.0 Å². The molecule has 4 heterocycles. The van der Waals surface area contributed by atoms with Crippen molar-refractivity contribution >= 4 is 56.5 Å². The van der Waals surface area contributed by atoms with Crippen LogP contribution >= 0.6 is 27.7 Å². The maximum Gasteiger partial charge on any atom is 0.308 e. The number of carboxylic acids is 1. The van der Waals surface area contributed by atoms with Crippen molar-refractivity contribution in [2.75, 3.05) is 13.2 Å². The Morgan fingerprint density at radius 2 is 2.11 bits per heavy atom. The van der Waals surface area contributed by atoms with Gasteiger partial charge in [0.15, 0.2) is 0 Å². The quantitative estimate of drug-likeness (QED) is 0.334. The Bertz CT molecular complexity index is 1260. The number of rotatable bonds is 9. The molecule has 1 spiro atoms. The smallest absolute Gasteiger partial charge is 0.308 e. The first kappa shape index (κ1) is 26.2. The molecule has 198 valence electrons.